The smallest absolute Gasteiger partial charge is 0.324 e. The lowest BCUT2D eigenvalue weighted by Crippen LogP contribution is -2.42. The Kier molecular flexibility index (Phi) is 6.53. The van der Waals surface area contributed by atoms with Crippen LogP contribution in [0.2, 0.25) is 0 Å². The summed E-state index contributed by atoms with van der Waals surface area (Å²) in [5, 5.41) is 15.8. The number of nitrogens with one attached hydrogen (secondary N) is 3. The third-order valence-electron chi connectivity index (χ3n) is 5.39. The first kappa shape index (κ1) is 20.9. The Hall–Kier alpha value is -2.87. The number of aliphatic hydroxyl groups excluding tert-OH is 1. The molecule has 0 saturated carbocycles. The number of carbonyl (C=O) groups excluding carboxylic acids is 3. The van der Waals surface area contributed by atoms with Crippen molar-refractivity contribution in [1.29, 1.82) is 0 Å². The molecule has 0 aliphatic carbocycles. The van der Waals surface area contributed by atoms with Crippen molar-refractivity contribution in [3.05, 3.63) is 36.0 Å². The minimum absolute atomic E-state index is 0.107. The zero-order valence-corrected chi connectivity index (χ0v) is 16.8. The first-order valence-electron chi connectivity index (χ1n) is 9.97. The number of aliphatic hydroxyl groups is 1. The molecule has 1 aromatic heterocycles. The Morgan fingerprint density at radius 2 is 2.03 bits per heavy atom. The number of hydrogen-bond donors (Lipinski definition) is 4. The van der Waals surface area contributed by atoms with Crippen LogP contribution in [0.1, 0.15) is 32.3 Å². The van der Waals surface area contributed by atoms with Gasteiger partial charge < -0.3 is 20.7 Å². The minimum atomic E-state index is -0.692. The molecule has 1 saturated heterocycles. The number of benzene rings is 1. The number of rotatable bonds is 9. The maximum Gasteiger partial charge on any atom is 0.324 e. The Balaban J connectivity index is 1.52. The monoisotopic (exact) mass is 400 g/mol. The van der Waals surface area contributed by atoms with Crippen LogP contribution >= 0.6 is 0 Å². The van der Waals surface area contributed by atoms with Crippen molar-refractivity contribution >= 4 is 28.7 Å². The van der Waals surface area contributed by atoms with E-state index in [1.165, 1.54) is 4.90 Å². The summed E-state index contributed by atoms with van der Waals surface area (Å²) in [6.07, 6.45) is 2.80. The fourth-order valence-electron chi connectivity index (χ4n) is 3.53. The van der Waals surface area contributed by atoms with Gasteiger partial charge >= 0.3 is 6.03 Å². The van der Waals surface area contributed by atoms with Crippen molar-refractivity contribution < 1.29 is 19.5 Å². The zero-order valence-electron chi connectivity index (χ0n) is 16.8. The number of aromatic amines is 1. The molecule has 0 spiro atoms. The maximum absolute atomic E-state index is 12.6. The van der Waals surface area contributed by atoms with E-state index in [9.17, 15) is 19.5 Å². The molecule has 156 valence electrons. The van der Waals surface area contributed by atoms with Crippen LogP contribution in [0.5, 0.6) is 0 Å². The molecule has 1 aliphatic heterocycles. The minimum Gasteiger partial charge on any atom is -0.394 e. The Morgan fingerprint density at radius 3 is 2.76 bits per heavy atom. The summed E-state index contributed by atoms with van der Waals surface area (Å²) >= 11 is 0. The Morgan fingerprint density at radius 1 is 1.28 bits per heavy atom. The molecular formula is C21H28N4O4. The molecule has 4 N–H and O–H groups in total. The van der Waals surface area contributed by atoms with E-state index in [1.807, 2.05) is 44.3 Å². The lowest BCUT2D eigenvalue weighted by atomic mass is 10.0. The van der Waals surface area contributed by atoms with Crippen molar-refractivity contribution in [2.24, 2.45) is 5.92 Å². The van der Waals surface area contributed by atoms with Gasteiger partial charge in [-0.15, -0.1) is 0 Å². The summed E-state index contributed by atoms with van der Waals surface area (Å²) in [4.78, 5) is 41.3. The van der Waals surface area contributed by atoms with E-state index in [1.54, 1.807) is 0 Å². The van der Waals surface area contributed by atoms with Crippen LogP contribution in [0.4, 0.5) is 4.79 Å². The highest BCUT2D eigenvalue weighted by Crippen LogP contribution is 2.19. The van der Waals surface area contributed by atoms with Gasteiger partial charge in [0.25, 0.3) is 5.91 Å². The highest BCUT2D eigenvalue weighted by atomic mass is 16.3. The first-order chi connectivity index (χ1) is 13.9. The van der Waals surface area contributed by atoms with Crippen molar-refractivity contribution in [2.45, 2.75) is 45.2 Å². The van der Waals surface area contributed by atoms with Crippen LogP contribution < -0.4 is 10.6 Å². The van der Waals surface area contributed by atoms with Crippen LogP contribution in [-0.2, 0) is 16.0 Å². The van der Waals surface area contributed by atoms with E-state index in [2.05, 4.69) is 15.6 Å². The van der Waals surface area contributed by atoms with Gasteiger partial charge in [0.2, 0.25) is 5.91 Å². The number of fused-ring (bicyclic) bond motifs is 1. The van der Waals surface area contributed by atoms with Gasteiger partial charge in [-0.05, 0) is 30.4 Å². The predicted molar refractivity (Wildman–Crippen MR) is 109 cm³/mol. The number of aromatic nitrogens is 1. The van der Waals surface area contributed by atoms with Gasteiger partial charge in [0.15, 0.2) is 0 Å². The first-order valence-corrected chi connectivity index (χ1v) is 9.97. The number of carbonyl (C=O) groups is 3. The van der Waals surface area contributed by atoms with Crippen molar-refractivity contribution in [3.63, 3.8) is 0 Å². The summed E-state index contributed by atoms with van der Waals surface area (Å²) in [5.41, 5.74) is 2.07. The molecule has 8 nitrogen and oxygen atoms in total. The molecule has 2 heterocycles. The summed E-state index contributed by atoms with van der Waals surface area (Å²) in [5.74, 6) is -0.431. The molecule has 1 aromatic carbocycles. The zero-order chi connectivity index (χ0) is 21.0. The third kappa shape index (κ3) is 4.76. The molecule has 3 rings (SSSR count). The van der Waals surface area contributed by atoms with Crippen molar-refractivity contribution in [3.8, 4) is 0 Å². The van der Waals surface area contributed by atoms with Gasteiger partial charge in [-0.3, -0.25) is 14.5 Å². The molecule has 1 fully saturated rings. The van der Waals surface area contributed by atoms with E-state index < -0.39 is 12.1 Å². The van der Waals surface area contributed by atoms with E-state index in [0.29, 0.717) is 6.42 Å². The molecule has 2 atom stereocenters. The number of H-pyrrole nitrogens is 1. The van der Waals surface area contributed by atoms with Crippen molar-refractivity contribution in [2.75, 3.05) is 13.2 Å². The van der Waals surface area contributed by atoms with Gasteiger partial charge in [0.05, 0.1) is 12.6 Å². The maximum atomic E-state index is 12.6. The fourth-order valence-corrected chi connectivity index (χ4v) is 3.53. The topological polar surface area (TPSA) is 115 Å². The molecule has 2 unspecified atom stereocenters. The van der Waals surface area contributed by atoms with Crippen molar-refractivity contribution in [1.82, 2.24) is 20.5 Å². The number of urea groups is 1. The number of imide groups is 1. The highest BCUT2D eigenvalue weighted by Gasteiger charge is 2.37. The van der Waals surface area contributed by atoms with E-state index in [-0.39, 0.29) is 49.8 Å². The second-order valence-electron chi connectivity index (χ2n) is 7.74. The number of hydrogen-bond acceptors (Lipinski definition) is 4. The van der Waals surface area contributed by atoms with Crippen LogP contribution in [0, 0.1) is 5.92 Å². The predicted octanol–water partition coefficient (Wildman–Crippen LogP) is 1.54. The Bertz CT molecular complexity index is 892. The van der Waals surface area contributed by atoms with Gasteiger partial charge in [0.1, 0.15) is 6.04 Å². The summed E-state index contributed by atoms with van der Waals surface area (Å²) in [7, 11) is 0. The summed E-state index contributed by atoms with van der Waals surface area (Å²) < 4.78 is 0. The van der Waals surface area contributed by atoms with Gasteiger partial charge in [-0.2, -0.15) is 0 Å². The SMILES string of the molecule is CC(C)C(CO)NC(=O)CCC1NC(=O)N(CCc2c[nH]c3ccccc23)C1=O. The highest BCUT2D eigenvalue weighted by molar-refractivity contribution is 6.04. The van der Waals surface area contributed by atoms with Crippen LogP contribution in [-0.4, -0.2) is 58.1 Å². The molecule has 1 aliphatic rings. The summed E-state index contributed by atoms with van der Waals surface area (Å²) in [6, 6.07) is 6.46. The molecule has 29 heavy (non-hydrogen) atoms. The van der Waals surface area contributed by atoms with Crippen LogP contribution in [0.3, 0.4) is 0 Å². The third-order valence-corrected chi connectivity index (χ3v) is 5.39. The van der Waals surface area contributed by atoms with E-state index in [0.717, 1.165) is 16.5 Å². The lowest BCUT2D eigenvalue weighted by molar-refractivity contribution is -0.127. The largest absolute Gasteiger partial charge is 0.394 e. The van der Waals surface area contributed by atoms with Gasteiger partial charge in [-0.1, -0.05) is 32.0 Å². The number of para-hydroxylation sites is 1. The van der Waals surface area contributed by atoms with E-state index >= 15 is 0 Å². The standard InChI is InChI=1S/C21H28N4O4/c1-13(2)18(12-26)23-19(27)8-7-17-20(28)25(21(29)24-17)10-9-14-11-22-16-6-4-3-5-15(14)16/h3-6,11,13,17-18,22,26H,7-10,12H2,1-2H3,(H,23,27)(H,24,29). The fraction of sp³-hybridized carbons (Fsp3) is 0.476. The second-order valence-corrected chi connectivity index (χ2v) is 7.74. The van der Waals surface area contributed by atoms with Crippen LogP contribution in [0.25, 0.3) is 10.9 Å². The lowest BCUT2D eigenvalue weighted by Gasteiger charge is -2.20. The van der Waals surface area contributed by atoms with Crippen LogP contribution in [0.15, 0.2) is 30.5 Å². The molecule has 0 bridgehead atoms. The average Bonchev–Trinajstić information content (AvgIpc) is 3.23. The van der Waals surface area contributed by atoms with Gasteiger partial charge in [0, 0.05) is 30.1 Å². The second kappa shape index (κ2) is 9.09. The molecule has 4 amide bonds. The van der Waals surface area contributed by atoms with Gasteiger partial charge in [-0.25, -0.2) is 4.79 Å². The summed E-state index contributed by atoms with van der Waals surface area (Å²) in [6.45, 7) is 3.97. The normalized spacial score (nSPS) is 17.8. The number of amides is 4. The quantitative estimate of drug-likeness (QED) is 0.478. The average molecular weight is 400 g/mol. The molecule has 8 heteroatoms. The Labute approximate surface area is 169 Å². The molecule has 0 radical (unpaired) electrons. The number of nitrogens with zero attached hydrogens (tertiary/aromatic N) is 1. The molecule has 2 aromatic rings. The molecular weight excluding hydrogens is 372 g/mol. The van der Waals surface area contributed by atoms with E-state index in [4.69, 9.17) is 0 Å².